The van der Waals surface area contributed by atoms with Crippen LogP contribution in [0, 0.1) is 10.1 Å². The van der Waals surface area contributed by atoms with Crippen LogP contribution >= 0.6 is 0 Å². The van der Waals surface area contributed by atoms with Gasteiger partial charge in [0.1, 0.15) is 0 Å². The largest absolute Gasteiger partial charge is 0.474 e. The molecule has 0 heterocycles. The molecule has 0 aliphatic heterocycles. The standard InChI is InChI=1S/C24H23N3O5/c1-17(32-22-14-8-7-13-21(22)27(30)31)23(28)26-20-12-6-5-11-19(20)24(29)25-16-15-18-9-3-2-4-10-18/h2-14,17H,15-16H2,1H3,(H,25,29)(H,26,28). The molecule has 1 unspecified atom stereocenters. The second kappa shape index (κ2) is 10.7. The number of nitro benzene ring substituents is 1. The van der Waals surface area contributed by atoms with Crippen molar-refractivity contribution in [3.05, 3.63) is 100 Å². The maximum atomic E-state index is 12.6. The molecule has 0 saturated carbocycles. The highest BCUT2D eigenvalue weighted by Gasteiger charge is 2.22. The predicted octanol–water partition coefficient (Wildman–Crippen LogP) is 3.97. The lowest BCUT2D eigenvalue weighted by molar-refractivity contribution is -0.386. The molecule has 0 radical (unpaired) electrons. The highest BCUT2D eigenvalue weighted by Crippen LogP contribution is 2.27. The van der Waals surface area contributed by atoms with Crippen molar-refractivity contribution in [2.24, 2.45) is 0 Å². The molecule has 0 fully saturated rings. The van der Waals surface area contributed by atoms with Crippen LogP contribution in [0.15, 0.2) is 78.9 Å². The SMILES string of the molecule is CC(Oc1ccccc1[N+](=O)[O-])C(=O)Nc1ccccc1C(=O)NCCc1ccccc1. The molecule has 0 spiro atoms. The van der Waals surface area contributed by atoms with Crippen LogP contribution in [-0.2, 0) is 11.2 Å². The monoisotopic (exact) mass is 433 g/mol. The molecule has 0 bridgehead atoms. The number of carbonyl (C=O) groups excluding carboxylic acids is 2. The van der Waals surface area contributed by atoms with Crippen molar-refractivity contribution in [3.8, 4) is 5.75 Å². The number of benzene rings is 3. The van der Waals surface area contributed by atoms with Crippen molar-refractivity contribution in [3.63, 3.8) is 0 Å². The predicted molar refractivity (Wildman–Crippen MR) is 121 cm³/mol. The van der Waals surface area contributed by atoms with Crippen molar-refractivity contribution in [2.45, 2.75) is 19.4 Å². The van der Waals surface area contributed by atoms with Gasteiger partial charge in [0.25, 0.3) is 11.8 Å². The highest BCUT2D eigenvalue weighted by molar-refractivity contribution is 6.04. The van der Waals surface area contributed by atoms with Crippen LogP contribution in [0.4, 0.5) is 11.4 Å². The Morgan fingerprint density at radius 2 is 1.62 bits per heavy atom. The second-order valence-corrected chi connectivity index (χ2v) is 7.01. The smallest absolute Gasteiger partial charge is 0.310 e. The average Bonchev–Trinajstić information content (AvgIpc) is 2.80. The normalized spacial score (nSPS) is 11.3. The molecular formula is C24H23N3O5. The quantitative estimate of drug-likeness (QED) is 0.392. The minimum absolute atomic E-state index is 0.00732. The van der Waals surface area contributed by atoms with E-state index in [1.54, 1.807) is 30.3 Å². The van der Waals surface area contributed by atoms with Crippen LogP contribution < -0.4 is 15.4 Å². The fourth-order valence-corrected chi connectivity index (χ4v) is 3.04. The first-order valence-corrected chi connectivity index (χ1v) is 10.1. The Labute approximate surface area is 185 Å². The summed E-state index contributed by atoms with van der Waals surface area (Å²) in [5.74, 6) is -0.858. The zero-order chi connectivity index (χ0) is 22.9. The third kappa shape index (κ3) is 5.91. The van der Waals surface area contributed by atoms with Crippen molar-refractivity contribution < 1.29 is 19.2 Å². The number of nitrogens with one attached hydrogen (secondary N) is 2. The van der Waals surface area contributed by atoms with Gasteiger partial charge in [-0.15, -0.1) is 0 Å². The molecule has 0 saturated heterocycles. The minimum Gasteiger partial charge on any atom is -0.474 e. The number of ether oxygens (including phenoxy) is 1. The van der Waals surface area contributed by atoms with Crippen molar-refractivity contribution >= 4 is 23.2 Å². The second-order valence-electron chi connectivity index (χ2n) is 7.01. The molecule has 0 aliphatic rings. The number of carbonyl (C=O) groups is 2. The van der Waals surface area contributed by atoms with Crippen molar-refractivity contribution in [1.82, 2.24) is 5.32 Å². The van der Waals surface area contributed by atoms with Crippen LogP contribution in [0.25, 0.3) is 0 Å². The third-order valence-electron chi connectivity index (χ3n) is 4.71. The first kappa shape index (κ1) is 22.5. The van der Waals surface area contributed by atoms with E-state index in [2.05, 4.69) is 10.6 Å². The van der Waals surface area contributed by atoms with Crippen molar-refractivity contribution in [2.75, 3.05) is 11.9 Å². The van der Waals surface area contributed by atoms with E-state index in [0.717, 1.165) is 5.56 Å². The summed E-state index contributed by atoms with van der Waals surface area (Å²) >= 11 is 0. The van der Waals surface area contributed by atoms with Gasteiger partial charge in [-0.1, -0.05) is 54.6 Å². The summed E-state index contributed by atoms with van der Waals surface area (Å²) in [4.78, 5) is 35.9. The van der Waals surface area contributed by atoms with E-state index < -0.39 is 16.9 Å². The molecular weight excluding hydrogens is 410 g/mol. The summed E-state index contributed by atoms with van der Waals surface area (Å²) < 4.78 is 5.50. The van der Waals surface area contributed by atoms with E-state index in [4.69, 9.17) is 4.74 Å². The molecule has 8 nitrogen and oxygen atoms in total. The molecule has 2 amide bonds. The summed E-state index contributed by atoms with van der Waals surface area (Å²) in [5.41, 5.74) is 1.51. The van der Waals surface area contributed by atoms with Gasteiger partial charge in [0.2, 0.25) is 0 Å². The van der Waals surface area contributed by atoms with E-state index in [9.17, 15) is 19.7 Å². The Morgan fingerprint density at radius 3 is 2.38 bits per heavy atom. The van der Waals surface area contributed by atoms with Gasteiger partial charge in [0.15, 0.2) is 11.9 Å². The summed E-state index contributed by atoms with van der Waals surface area (Å²) in [6.45, 7) is 1.93. The number of hydrogen-bond acceptors (Lipinski definition) is 5. The lowest BCUT2D eigenvalue weighted by atomic mass is 10.1. The van der Waals surface area contributed by atoms with E-state index in [0.29, 0.717) is 24.2 Å². The molecule has 1 atom stereocenters. The molecule has 0 aliphatic carbocycles. The number of anilines is 1. The number of amides is 2. The Kier molecular flexibility index (Phi) is 7.53. The van der Waals surface area contributed by atoms with Crippen LogP contribution in [-0.4, -0.2) is 29.4 Å². The molecule has 3 aromatic rings. The molecule has 3 aromatic carbocycles. The van der Waals surface area contributed by atoms with Gasteiger partial charge in [-0.05, 0) is 37.1 Å². The Balaban J connectivity index is 1.63. The number of hydrogen-bond donors (Lipinski definition) is 2. The maximum absolute atomic E-state index is 12.6. The van der Waals surface area contributed by atoms with E-state index in [-0.39, 0.29) is 17.3 Å². The number of para-hydroxylation sites is 3. The summed E-state index contributed by atoms with van der Waals surface area (Å²) in [7, 11) is 0. The molecule has 32 heavy (non-hydrogen) atoms. The Hall–Kier alpha value is -4.20. The molecule has 3 rings (SSSR count). The van der Waals surface area contributed by atoms with E-state index in [1.165, 1.54) is 25.1 Å². The molecule has 164 valence electrons. The molecule has 0 aromatic heterocycles. The number of nitro groups is 1. The summed E-state index contributed by atoms with van der Waals surface area (Å²) in [6.07, 6.45) is -0.340. The molecule has 8 heteroatoms. The van der Waals surface area contributed by atoms with Gasteiger partial charge < -0.3 is 15.4 Å². The maximum Gasteiger partial charge on any atom is 0.310 e. The number of rotatable bonds is 9. The van der Waals surface area contributed by atoms with Crippen LogP contribution in [0.5, 0.6) is 5.75 Å². The topological polar surface area (TPSA) is 111 Å². The van der Waals surface area contributed by atoms with E-state index in [1.807, 2.05) is 30.3 Å². The van der Waals surface area contributed by atoms with Gasteiger partial charge in [-0.25, -0.2) is 0 Å². The number of nitrogens with zero attached hydrogens (tertiary/aromatic N) is 1. The Morgan fingerprint density at radius 1 is 0.969 bits per heavy atom. The first-order valence-electron chi connectivity index (χ1n) is 10.1. The Bertz CT molecular complexity index is 1100. The van der Waals surface area contributed by atoms with Crippen LogP contribution in [0.2, 0.25) is 0 Å². The molecule has 2 N–H and O–H groups in total. The van der Waals surface area contributed by atoms with Crippen LogP contribution in [0.1, 0.15) is 22.8 Å². The zero-order valence-electron chi connectivity index (χ0n) is 17.5. The van der Waals surface area contributed by atoms with Crippen LogP contribution in [0.3, 0.4) is 0 Å². The first-order chi connectivity index (χ1) is 15.5. The fraction of sp³-hybridized carbons (Fsp3) is 0.167. The van der Waals surface area contributed by atoms with Gasteiger partial charge in [0.05, 0.1) is 16.2 Å². The van der Waals surface area contributed by atoms with Gasteiger partial charge in [-0.3, -0.25) is 19.7 Å². The third-order valence-corrected chi connectivity index (χ3v) is 4.71. The zero-order valence-corrected chi connectivity index (χ0v) is 17.5. The van der Waals surface area contributed by atoms with Crippen molar-refractivity contribution in [1.29, 1.82) is 0 Å². The van der Waals surface area contributed by atoms with Gasteiger partial charge in [-0.2, -0.15) is 0 Å². The van der Waals surface area contributed by atoms with E-state index >= 15 is 0 Å². The average molecular weight is 433 g/mol. The van der Waals surface area contributed by atoms with Gasteiger partial charge in [0, 0.05) is 12.6 Å². The fourth-order valence-electron chi connectivity index (χ4n) is 3.04. The highest BCUT2D eigenvalue weighted by atomic mass is 16.6. The lowest BCUT2D eigenvalue weighted by Crippen LogP contribution is -2.32. The van der Waals surface area contributed by atoms with Gasteiger partial charge >= 0.3 is 5.69 Å². The minimum atomic E-state index is -1.02. The lowest BCUT2D eigenvalue weighted by Gasteiger charge is -2.16. The summed E-state index contributed by atoms with van der Waals surface area (Å²) in [6, 6.07) is 22.2. The summed E-state index contributed by atoms with van der Waals surface area (Å²) in [5, 5.41) is 16.7.